The molecule has 0 aromatic rings. The van der Waals surface area contributed by atoms with Crippen LogP contribution in [-0.2, 0) is 9.59 Å². The second-order valence-corrected chi connectivity index (χ2v) is 5.31. The number of hydrogen-bond acceptors (Lipinski definition) is 2. The Kier molecular flexibility index (Phi) is 2.94. The molecule has 0 heterocycles. The van der Waals surface area contributed by atoms with Crippen LogP contribution in [0.3, 0.4) is 0 Å². The summed E-state index contributed by atoms with van der Waals surface area (Å²) >= 11 is 0. The van der Waals surface area contributed by atoms with E-state index in [1.54, 1.807) is 6.92 Å². The minimum atomic E-state index is 0.166. The van der Waals surface area contributed by atoms with Gasteiger partial charge in [0.15, 0.2) is 0 Å². The highest BCUT2D eigenvalue weighted by Crippen LogP contribution is 2.46. The minimum Gasteiger partial charge on any atom is -0.300 e. The van der Waals surface area contributed by atoms with Crippen molar-refractivity contribution < 1.29 is 9.59 Å². The number of ketones is 2. The molecular weight excluding hydrogens is 188 g/mol. The lowest BCUT2D eigenvalue weighted by Gasteiger charge is -2.26. The zero-order chi connectivity index (χ0) is 11.0. The molecular formula is C13H20O2. The van der Waals surface area contributed by atoms with Crippen LogP contribution in [0.15, 0.2) is 0 Å². The summed E-state index contributed by atoms with van der Waals surface area (Å²) in [5.41, 5.74) is 0. The van der Waals surface area contributed by atoms with Gasteiger partial charge in [0.05, 0.1) is 0 Å². The first kappa shape index (κ1) is 10.8. The van der Waals surface area contributed by atoms with Gasteiger partial charge in [0.25, 0.3) is 0 Å². The Morgan fingerprint density at radius 1 is 1.27 bits per heavy atom. The molecule has 2 aliphatic carbocycles. The molecule has 0 radical (unpaired) electrons. The molecule has 0 spiro atoms. The third-order valence-corrected chi connectivity index (χ3v) is 4.39. The molecule has 0 aliphatic heterocycles. The smallest absolute Gasteiger partial charge is 0.136 e. The first-order valence-corrected chi connectivity index (χ1v) is 6.14. The Bertz CT molecular complexity index is 282. The lowest BCUT2D eigenvalue weighted by Crippen LogP contribution is -2.29. The van der Waals surface area contributed by atoms with Gasteiger partial charge in [0.2, 0.25) is 0 Å². The second-order valence-electron chi connectivity index (χ2n) is 5.31. The Morgan fingerprint density at radius 2 is 2.00 bits per heavy atom. The molecule has 0 bridgehead atoms. The molecule has 2 aliphatic rings. The van der Waals surface area contributed by atoms with E-state index in [0.29, 0.717) is 29.8 Å². The normalized spacial score (nSPS) is 41.1. The van der Waals surface area contributed by atoms with E-state index >= 15 is 0 Å². The Morgan fingerprint density at radius 3 is 2.67 bits per heavy atom. The maximum absolute atomic E-state index is 11.9. The largest absolute Gasteiger partial charge is 0.300 e. The highest BCUT2D eigenvalue weighted by molar-refractivity contribution is 5.85. The SMILES string of the molecule is CC(=O)[C@@H]1CCCC(=O)[C@@H]2CC[C@@H](C)[C@@H]12. The number of carbonyl (C=O) groups is 2. The van der Waals surface area contributed by atoms with Crippen molar-refractivity contribution >= 4 is 11.6 Å². The Labute approximate surface area is 91.4 Å². The fourth-order valence-electron chi connectivity index (χ4n) is 3.62. The maximum Gasteiger partial charge on any atom is 0.136 e. The van der Waals surface area contributed by atoms with Gasteiger partial charge in [-0.1, -0.05) is 6.92 Å². The number of carbonyl (C=O) groups excluding carboxylic acids is 2. The lowest BCUT2D eigenvalue weighted by molar-refractivity contribution is -0.126. The fourth-order valence-corrected chi connectivity index (χ4v) is 3.62. The van der Waals surface area contributed by atoms with Gasteiger partial charge >= 0.3 is 0 Å². The average molecular weight is 208 g/mol. The van der Waals surface area contributed by atoms with Crippen LogP contribution in [0.4, 0.5) is 0 Å². The summed E-state index contributed by atoms with van der Waals surface area (Å²) < 4.78 is 0. The Balaban J connectivity index is 2.26. The molecule has 0 N–H and O–H groups in total. The standard InChI is InChI=1S/C13H20O2/c1-8-6-7-11-12(15)5-3-4-10(9(2)14)13(8)11/h8,10-11,13H,3-7H2,1-2H3/t8-,10+,11+,13+/m1/s1. The lowest BCUT2D eigenvalue weighted by atomic mass is 9.76. The number of hydrogen-bond donors (Lipinski definition) is 0. The van der Waals surface area contributed by atoms with Crippen molar-refractivity contribution in [1.82, 2.24) is 0 Å². The summed E-state index contributed by atoms with van der Waals surface area (Å²) in [6.45, 7) is 3.90. The van der Waals surface area contributed by atoms with Crippen LogP contribution in [0.2, 0.25) is 0 Å². The van der Waals surface area contributed by atoms with E-state index in [2.05, 4.69) is 6.92 Å². The van der Waals surface area contributed by atoms with Crippen molar-refractivity contribution in [1.29, 1.82) is 0 Å². The quantitative estimate of drug-likeness (QED) is 0.663. The van der Waals surface area contributed by atoms with Crippen LogP contribution in [0.25, 0.3) is 0 Å². The minimum absolute atomic E-state index is 0.166. The van der Waals surface area contributed by atoms with Crippen molar-refractivity contribution in [2.24, 2.45) is 23.7 Å². The number of Topliss-reactive ketones (excluding diaryl/α,β-unsaturated/α-hetero) is 2. The van der Waals surface area contributed by atoms with Gasteiger partial charge in [-0.3, -0.25) is 9.59 Å². The maximum atomic E-state index is 11.9. The van der Waals surface area contributed by atoms with E-state index < -0.39 is 0 Å². The fraction of sp³-hybridized carbons (Fsp3) is 0.846. The van der Waals surface area contributed by atoms with Gasteiger partial charge in [0, 0.05) is 18.3 Å². The van der Waals surface area contributed by atoms with E-state index in [4.69, 9.17) is 0 Å². The van der Waals surface area contributed by atoms with E-state index in [1.807, 2.05) is 0 Å². The third kappa shape index (κ3) is 1.86. The van der Waals surface area contributed by atoms with E-state index in [0.717, 1.165) is 25.7 Å². The van der Waals surface area contributed by atoms with Crippen molar-refractivity contribution in [3.63, 3.8) is 0 Å². The molecule has 0 saturated heterocycles. The van der Waals surface area contributed by atoms with Gasteiger partial charge in [-0.25, -0.2) is 0 Å². The number of rotatable bonds is 1. The van der Waals surface area contributed by atoms with Gasteiger partial charge < -0.3 is 0 Å². The molecule has 2 rings (SSSR count). The monoisotopic (exact) mass is 208 g/mol. The van der Waals surface area contributed by atoms with Gasteiger partial charge in [-0.2, -0.15) is 0 Å². The van der Waals surface area contributed by atoms with Crippen LogP contribution < -0.4 is 0 Å². The zero-order valence-corrected chi connectivity index (χ0v) is 9.66. The molecule has 2 nitrogen and oxygen atoms in total. The van der Waals surface area contributed by atoms with Crippen molar-refractivity contribution in [3.05, 3.63) is 0 Å². The summed E-state index contributed by atoms with van der Waals surface area (Å²) in [6.07, 6.45) is 4.71. The van der Waals surface area contributed by atoms with Crippen LogP contribution in [0.1, 0.15) is 46.0 Å². The van der Waals surface area contributed by atoms with Crippen molar-refractivity contribution in [3.8, 4) is 0 Å². The zero-order valence-electron chi connectivity index (χ0n) is 9.66. The number of fused-ring (bicyclic) bond motifs is 1. The molecule has 2 heteroatoms. The molecule has 4 atom stereocenters. The highest BCUT2D eigenvalue weighted by Gasteiger charge is 2.44. The van der Waals surface area contributed by atoms with Crippen LogP contribution in [-0.4, -0.2) is 11.6 Å². The van der Waals surface area contributed by atoms with Gasteiger partial charge in [-0.05, 0) is 44.4 Å². The van der Waals surface area contributed by atoms with Gasteiger partial charge in [0.1, 0.15) is 11.6 Å². The average Bonchev–Trinajstić information content (AvgIpc) is 2.45. The summed E-state index contributed by atoms with van der Waals surface area (Å²) in [4.78, 5) is 23.5. The summed E-state index contributed by atoms with van der Waals surface area (Å²) in [5, 5.41) is 0. The molecule has 84 valence electrons. The second kappa shape index (κ2) is 4.07. The molecule has 0 unspecified atom stereocenters. The highest BCUT2D eigenvalue weighted by atomic mass is 16.1. The van der Waals surface area contributed by atoms with Gasteiger partial charge in [-0.15, -0.1) is 0 Å². The van der Waals surface area contributed by atoms with E-state index in [-0.39, 0.29) is 11.8 Å². The summed E-state index contributed by atoms with van der Waals surface area (Å²) in [5.74, 6) is 2.01. The predicted molar refractivity (Wildman–Crippen MR) is 58.4 cm³/mol. The van der Waals surface area contributed by atoms with E-state index in [9.17, 15) is 9.59 Å². The van der Waals surface area contributed by atoms with Crippen molar-refractivity contribution in [2.75, 3.05) is 0 Å². The van der Waals surface area contributed by atoms with Crippen LogP contribution >= 0.6 is 0 Å². The molecule has 2 saturated carbocycles. The topological polar surface area (TPSA) is 34.1 Å². The van der Waals surface area contributed by atoms with Crippen LogP contribution in [0, 0.1) is 23.7 Å². The molecule has 0 amide bonds. The molecule has 15 heavy (non-hydrogen) atoms. The third-order valence-electron chi connectivity index (χ3n) is 4.39. The Hall–Kier alpha value is -0.660. The van der Waals surface area contributed by atoms with E-state index in [1.165, 1.54) is 0 Å². The first-order valence-electron chi connectivity index (χ1n) is 6.14. The molecule has 2 fully saturated rings. The van der Waals surface area contributed by atoms with Crippen LogP contribution in [0.5, 0.6) is 0 Å². The van der Waals surface area contributed by atoms with Crippen molar-refractivity contribution in [2.45, 2.75) is 46.0 Å². The summed E-state index contributed by atoms with van der Waals surface area (Å²) in [7, 11) is 0. The molecule has 0 aromatic carbocycles. The summed E-state index contributed by atoms with van der Waals surface area (Å²) in [6, 6.07) is 0. The first-order chi connectivity index (χ1) is 7.11. The predicted octanol–water partition coefficient (Wildman–Crippen LogP) is 2.61. The molecule has 0 aromatic heterocycles.